The number of phenols is 1. The molecule has 290 valence electrons. The number of aryl methyl sites for hydroxylation is 2. The maximum atomic E-state index is 15.2. The molecular formula is C41H49F2N9O3. The van der Waals surface area contributed by atoms with E-state index in [4.69, 9.17) is 19.8 Å². The van der Waals surface area contributed by atoms with Crippen molar-refractivity contribution in [2.75, 3.05) is 62.7 Å². The molecular weight excluding hydrogens is 705 g/mol. The number of piperazine rings is 1. The first-order valence-corrected chi connectivity index (χ1v) is 20.1. The van der Waals surface area contributed by atoms with E-state index in [1.807, 2.05) is 22.6 Å². The minimum Gasteiger partial charge on any atom is -0.508 e. The molecule has 4 atom stereocenters. The molecule has 0 aliphatic carbocycles. The molecule has 55 heavy (non-hydrogen) atoms. The lowest BCUT2D eigenvalue weighted by molar-refractivity contribution is 0.0643. The Bertz CT molecular complexity index is 2180. The first-order chi connectivity index (χ1) is 26.7. The maximum Gasteiger partial charge on any atom is 0.318 e. The molecule has 0 spiro atoms. The predicted octanol–water partition coefficient (Wildman–Crippen LogP) is 4.69. The topological polar surface area (TPSA) is 106 Å². The molecule has 2 bridgehead atoms. The molecule has 12 nitrogen and oxygen atoms in total. The van der Waals surface area contributed by atoms with Gasteiger partial charge in [0.15, 0.2) is 5.69 Å². The number of amides is 1. The SMILES string of the molecule is CCc1c(F)ccc2cc(O)cc(N3CCc4c(nc(OC[C@@]56CCCN5C[C@H](F)C6)nc4N4CCCn5nc(C(=O)N6CC7CC6CN7C)cc5C4)C3)c12. The van der Waals surface area contributed by atoms with Crippen LogP contribution in [0.5, 0.6) is 11.8 Å². The number of alkyl halides is 1. The summed E-state index contributed by atoms with van der Waals surface area (Å²) in [7, 11) is 2.13. The van der Waals surface area contributed by atoms with E-state index < -0.39 is 6.17 Å². The Labute approximate surface area is 319 Å². The number of hydrogen-bond donors (Lipinski definition) is 1. The van der Waals surface area contributed by atoms with Gasteiger partial charge in [-0.2, -0.15) is 15.1 Å². The average Bonchev–Trinajstić information content (AvgIpc) is 3.98. The number of anilines is 2. The normalized spacial score (nSPS) is 26.5. The molecule has 6 aliphatic heterocycles. The number of rotatable bonds is 7. The Morgan fingerprint density at radius 2 is 1.91 bits per heavy atom. The van der Waals surface area contributed by atoms with Gasteiger partial charge in [-0.1, -0.05) is 13.0 Å². The third-order valence-electron chi connectivity index (χ3n) is 13.4. The molecule has 14 heteroatoms. The van der Waals surface area contributed by atoms with Gasteiger partial charge in [-0.05, 0) is 81.3 Å². The fraction of sp³-hybridized carbons (Fsp3) is 0.561. The second-order valence-electron chi connectivity index (χ2n) is 16.7. The number of halogens is 2. The zero-order valence-corrected chi connectivity index (χ0v) is 31.7. The van der Waals surface area contributed by atoms with Crippen molar-refractivity contribution in [2.24, 2.45) is 0 Å². The molecule has 0 radical (unpaired) electrons. The van der Waals surface area contributed by atoms with Crippen LogP contribution in [0, 0.1) is 5.82 Å². The summed E-state index contributed by atoms with van der Waals surface area (Å²) in [6.07, 6.45) is 4.47. The number of nitrogens with zero attached hydrogens (tertiary/aromatic N) is 9. The smallest absolute Gasteiger partial charge is 0.318 e. The van der Waals surface area contributed by atoms with Gasteiger partial charge in [-0.15, -0.1) is 0 Å². The average molecular weight is 754 g/mol. The van der Waals surface area contributed by atoms with Gasteiger partial charge in [-0.25, -0.2) is 8.78 Å². The van der Waals surface area contributed by atoms with Crippen LogP contribution in [0.4, 0.5) is 20.3 Å². The van der Waals surface area contributed by atoms with Gasteiger partial charge < -0.3 is 24.5 Å². The van der Waals surface area contributed by atoms with Crippen LogP contribution >= 0.6 is 0 Å². The fourth-order valence-electron chi connectivity index (χ4n) is 10.6. The third-order valence-corrected chi connectivity index (χ3v) is 13.4. The Morgan fingerprint density at radius 1 is 1.02 bits per heavy atom. The van der Waals surface area contributed by atoms with Crippen LogP contribution in [0.3, 0.4) is 0 Å². The number of phenolic OH excluding ortho intramolecular Hbond substituents is 1. The highest BCUT2D eigenvalue weighted by Crippen LogP contribution is 2.42. The van der Waals surface area contributed by atoms with Crippen LogP contribution in [-0.4, -0.2) is 122 Å². The van der Waals surface area contributed by atoms with Crippen molar-refractivity contribution in [1.29, 1.82) is 0 Å². The van der Waals surface area contributed by atoms with Crippen LogP contribution in [0.25, 0.3) is 10.8 Å². The summed E-state index contributed by atoms with van der Waals surface area (Å²) >= 11 is 0. The van der Waals surface area contributed by atoms with Gasteiger partial charge in [0, 0.05) is 80.5 Å². The molecule has 1 amide bonds. The zero-order valence-electron chi connectivity index (χ0n) is 31.7. The minimum atomic E-state index is -0.867. The summed E-state index contributed by atoms with van der Waals surface area (Å²) in [6.45, 7) is 8.23. The number of likely N-dealkylation sites (N-methyl/N-ethyl adjacent to an activating group) is 1. The van der Waals surface area contributed by atoms with Crippen molar-refractivity contribution in [3.05, 3.63) is 64.4 Å². The van der Waals surface area contributed by atoms with Crippen LogP contribution in [0.15, 0.2) is 30.3 Å². The highest BCUT2D eigenvalue weighted by Gasteiger charge is 2.49. The van der Waals surface area contributed by atoms with Crippen LogP contribution in [0.1, 0.15) is 72.0 Å². The summed E-state index contributed by atoms with van der Waals surface area (Å²) in [5.41, 5.74) is 4.36. The van der Waals surface area contributed by atoms with Gasteiger partial charge >= 0.3 is 6.01 Å². The standard InChI is InChI=1S/C41H49F2N9O3/c1-3-31-33(43)7-6-25-14-30(53)17-36(37(25)31)48-13-8-32-35(23-48)44-40(55-24-41-9-4-11-50(41)19-26(42)18-41)45-38(32)49-10-5-12-52-29(21-49)16-34(46-52)39(54)51-22-27-15-28(51)20-47(27)2/h6-7,14,16-17,26-28,53H,3-5,8-13,15,18-24H2,1-2H3/t26-,27?,28?,41+/m1/s1. The first kappa shape index (κ1) is 34.9. The van der Waals surface area contributed by atoms with Gasteiger partial charge in [0.2, 0.25) is 0 Å². The molecule has 1 N–H and O–H groups in total. The number of carbonyl (C=O) groups is 1. The molecule has 2 aromatic carbocycles. The Hall–Kier alpha value is -4.56. The lowest BCUT2D eigenvalue weighted by Gasteiger charge is -2.35. The molecule has 2 unspecified atom stereocenters. The van der Waals surface area contributed by atoms with Crippen molar-refractivity contribution in [1.82, 2.24) is 34.4 Å². The first-order valence-electron chi connectivity index (χ1n) is 20.1. The second-order valence-corrected chi connectivity index (χ2v) is 16.7. The van der Waals surface area contributed by atoms with Crippen molar-refractivity contribution in [3.63, 3.8) is 0 Å². The summed E-state index contributed by atoms with van der Waals surface area (Å²) in [5.74, 6) is 0.684. The molecule has 4 saturated heterocycles. The van der Waals surface area contributed by atoms with E-state index >= 15 is 4.39 Å². The van der Waals surface area contributed by atoms with Crippen LogP contribution in [-0.2, 0) is 32.5 Å². The maximum absolute atomic E-state index is 15.2. The molecule has 6 aliphatic rings. The highest BCUT2D eigenvalue weighted by molar-refractivity contribution is 5.98. The largest absolute Gasteiger partial charge is 0.508 e. The van der Waals surface area contributed by atoms with Gasteiger partial charge in [0.05, 0.1) is 30.0 Å². The summed E-state index contributed by atoms with van der Waals surface area (Å²) < 4.78 is 38.4. The number of hydrogen-bond acceptors (Lipinski definition) is 10. The number of aromatic nitrogens is 4. The molecule has 10 rings (SSSR count). The monoisotopic (exact) mass is 753 g/mol. The molecule has 4 aromatic rings. The molecule has 2 aromatic heterocycles. The van der Waals surface area contributed by atoms with E-state index in [0.717, 1.165) is 91.1 Å². The fourth-order valence-corrected chi connectivity index (χ4v) is 10.6. The van der Waals surface area contributed by atoms with E-state index in [-0.39, 0.29) is 35.1 Å². The van der Waals surface area contributed by atoms with Gasteiger partial charge in [0.25, 0.3) is 5.91 Å². The number of fused-ring (bicyclic) bond motifs is 6. The Balaban J connectivity index is 0.989. The highest BCUT2D eigenvalue weighted by atomic mass is 19.1. The molecule has 4 fully saturated rings. The minimum absolute atomic E-state index is 0.0104. The van der Waals surface area contributed by atoms with Gasteiger partial charge in [0.1, 0.15) is 30.2 Å². The number of likely N-dealkylation sites (tertiary alicyclic amines) is 2. The van der Waals surface area contributed by atoms with E-state index in [9.17, 15) is 14.3 Å². The van der Waals surface area contributed by atoms with Gasteiger partial charge in [-0.3, -0.25) is 19.3 Å². The number of carbonyl (C=O) groups excluding carboxylic acids is 1. The summed E-state index contributed by atoms with van der Waals surface area (Å²) in [5, 5.41) is 17.2. The Morgan fingerprint density at radius 3 is 2.73 bits per heavy atom. The van der Waals surface area contributed by atoms with Crippen molar-refractivity contribution in [3.8, 4) is 11.8 Å². The van der Waals surface area contributed by atoms with E-state index in [0.29, 0.717) is 75.9 Å². The van der Waals surface area contributed by atoms with Crippen LogP contribution in [0.2, 0.25) is 0 Å². The quantitative estimate of drug-likeness (QED) is 0.286. The van der Waals surface area contributed by atoms with E-state index in [1.165, 1.54) is 6.07 Å². The second kappa shape index (κ2) is 13.3. The number of benzene rings is 2. The summed E-state index contributed by atoms with van der Waals surface area (Å²) in [4.78, 5) is 34.9. The van der Waals surface area contributed by atoms with Crippen LogP contribution < -0.4 is 14.5 Å². The number of aromatic hydroxyl groups is 1. The molecule has 8 heterocycles. The van der Waals surface area contributed by atoms with Crippen molar-refractivity contribution < 1.29 is 23.4 Å². The van der Waals surface area contributed by atoms with E-state index in [2.05, 4.69) is 26.6 Å². The Kier molecular flexibility index (Phi) is 8.43. The van der Waals surface area contributed by atoms with E-state index in [1.54, 1.807) is 18.2 Å². The zero-order chi connectivity index (χ0) is 37.6. The predicted molar refractivity (Wildman–Crippen MR) is 204 cm³/mol. The number of ether oxygens (including phenoxy) is 1. The third kappa shape index (κ3) is 5.89. The lowest BCUT2D eigenvalue weighted by atomic mass is 9.95. The lowest BCUT2D eigenvalue weighted by Crippen LogP contribution is -2.47. The van der Waals surface area contributed by atoms with Crippen molar-refractivity contribution in [2.45, 2.75) is 95.3 Å². The molecule has 0 saturated carbocycles. The summed E-state index contributed by atoms with van der Waals surface area (Å²) in [6, 6.07) is 9.51. The van der Waals surface area contributed by atoms with Crippen molar-refractivity contribution >= 4 is 28.2 Å².